The predicted octanol–water partition coefficient (Wildman–Crippen LogP) is 0.734. The molecule has 74 valence electrons. The minimum atomic E-state index is -1.14. The Morgan fingerprint density at radius 2 is 1.92 bits per heavy atom. The Morgan fingerprint density at radius 1 is 1.38 bits per heavy atom. The lowest BCUT2D eigenvalue weighted by Gasteiger charge is -2.18. The molecule has 0 spiro atoms. The summed E-state index contributed by atoms with van der Waals surface area (Å²) >= 11 is 0. The standard InChI is InChI=1S/C9H14O4/c1-9(2,8(12)13-3)7(11)5-4-6-10/h6H,4-5H2,1-3H3. The largest absolute Gasteiger partial charge is 0.468 e. The van der Waals surface area contributed by atoms with Gasteiger partial charge in [0.05, 0.1) is 7.11 Å². The van der Waals surface area contributed by atoms with Gasteiger partial charge in [-0.25, -0.2) is 0 Å². The fourth-order valence-corrected chi connectivity index (χ4v) is 0.872. The second-order valence-corrected chi connectivity index (χ2v) is 3.25. The van der Waals surface area contributed by atoms with E-state index in [0.29, 0.717) is 6.29 Å². The molecule has 0 aromatic heterocycles. The highest BCUT2D eigenvalue weighted by molar-refractivity contribution is 6.03. The number of ether oxygens (including phenoxy) is 1. The number of hydrogen-bond donors (Lipinski definition) is 0. The van der Waals surface area contributed by atoms with Crippen LogP contribution in [0.5, 0.6) is 0 Å². The van der Waals surface area contributed by atoms with Crippen LogP contribution >= 0.6 is 0 Å². The van der Waals surface area contributed by atoms with Crippen molar-refractivity contribution >= 4 is 18.0 Å². The Bertz CT molecular complexity index is 218. The Morgan fingerprint density at radius 3 is 2.31 bits per heavy atom. The highest BCUT2D eigenvalue weighted by atomic mass is 16.5. The zero-order valence-corrected chi connectivity index (χ0v) is 8.12. The summed E-state index contributed by atoms with van der Waals surface area (Å²) in [7, 11) is 1.23. The summed E-state index contributed by atoms with van der Waals surface area (Å²) in [4.78, 5) is 32.5. The van der Waals surface area contributed by atoms with Crippen LogP contribution in [0.3, 0.4) is 0 Å². The molecule has 0 saturated heterocycles. The van der Waals surface area contributed by atoms with Gasteiger partial charge in [-0.15, -0.1) is 0 Å². The van der Waals surface area contributed by atoms with E-state index in [1.165, 1.54) is 21.0 Å². The molecule has 4 nitrogen and oxygen atoms in total. The van der Waals surface area contributed by atoms with Crippen molar-refractivity contribution in [3.8, 4) is 0 Å². The maximum atomic E-state index is 11.4. The molecular formula is C9H14O4. The molecule has 0 aliphatic rings. The first-order chi connectivity index (χ1) is 5.96. The normalized spacial score (nSPS) is 10.7. The molecule has 0 rings (SSSR count). The lowest BCUT2D eigenvalue weighted by Crippen LogP contribution is -2.34. The summed E-state index contributed by atoms with van der Waals surface area (Å²) in [5.41, 5.74) is -1.14. The second-order valence-electron chi connectivity index (χ2n) is 3.25. The summed E-state index contributed by atoms with van der Waals surface area (Å²) in [6, 6.07) is 0. The number of carbonyl (C=O) groups excluding carboxylic acids is 3. The molecule has 4 heteroatoms. The van der Waals surface area contributed by atoms with Gasteiger partial charge in [-0.3, -0.25) is 9.59 Å². The minimum Gasteiger partial charge on any atom is -0.468 e. The van der Waals surface area contributed by atoms with Crippen molar-refractivity contribution in [3.05, 3.63) is 0 Å². The van der Waals surface area contributed by atoms with E-state index in [0.717, 1.165) is 0 Å². The van der Waals surface area contributed by atoms with Gasteiger partial charge in [0.1, 0.15) is 17.5 Å². The van der Waals surface area contributed by atoms with Crippen LogP contribution in [-0.4, -0.2) is 25.1 Å². The van der Waals surface area contributed by atoms with Crippen LogP contribution in [0, 0.1) is 5.41 Å². The number of methoxy groups -OCH3 is 1. The summed E-state index contributed by atoms with van der Waals surface area (Å²) in [6.45, 7) is 2.98. The summed E-state index contributed by atoms with van der Waals surface area (Å²) in [5.74, 6) is -0.838. The molecule has 0 aromatic carbocycles. The van der Waals surface area contributed by atoms with Crippen molar-refractivity contribution in [1.82, 2.24) is 0 Å². The smallest absolute Gasteiger partial charge is 0.318 e. The average molecular weight is 186 g/mol. The van der Waals surface area contributed by atoms with E-state index >= 15 is 0 Å². The zero-order chi connectivity index (χ0) is 10.5. The highest BCUT2D eigenvalue weighted by Crippen LogP contribution is 2.20. The van der Waals surface area contributed by atoms with Crippen LogP contribution in [0.1, 0.15) is 26.7 Å². The molecule has 0 aliphatic carbocycles. The average Bonchev–Trinajstić information content (AvgIpc) is 2.12. The molecule has 0 atom stereocenters. The molecule has 0 amide bonds. The first-order valence-corrected chi connectivity index (χ1v) is 4.02. The lowest BCUT2D eigenvalue weighted by molar-refractivity contribution is -0.155. The highest BCUT2D eigenvalue weighted by Gasteiger charge is 2.35. The van der Waals surface area contributed by atoms with Gasteiger partial charge in [0.15, 0.2) is 0 Å². The van der Waals surface area contributed by atoms with Crippen molar-refractivity contribution in [2.45, 2.75) is 26.7 Å². The number of esters is 1. The van der Waals surface area contributed by atoms with E-state index < -0.39 is 11.4 Å². The molecule has 0 fully saturated rings. The molecule has 0 aliphatic heterocycles. The molecule has 0 N–H and O–H groups in total. The molecule has 13 heavy (non-hydrogen) atoms. The minimum absolute atomic E-state index is 0.0889. The topological polar surface area (TPSA) is 60.4 Å². The van der Waals surface area contributed by atoms with Crippen LogP contribution in [0.25, 0.3) is 0 Å². The monoisotopic (exact) mass is 186 g/mol. The van der Waals surface area contributed by atoms with Gasteiger partial charge in [-0.2, -0.15) is 0 Å². The first kappa shape index (κ1) is 11.8. The van der Waals surface area contributed by atoms with Gasteiger partial charge in [-0.05, 0) is 13.8 Å². The van der Waals surface area contributed by atoms with Gasteiger partial charge in [-0.1, -0.05) is 0 Å². The van der Waals surface area contributed by atoms with Crippen LogP contribution in [0.15, 0.2) is 0 Å². The van der Waals surface area contributed by atoms with Gasteiger partial charge in [0, 0.05) is 12.8 Å². The number of Topliss-reactive ketones (excluding diaryl/α,β-unsaturated/α-hetero) is 1. The zero-order valence-electron chi connectivity index (χ0n) is 8.12. The maximum Gasteiger partial charge on any atom is 0.318 e. The molecule has 0 aromatic rings. The maximum absolute atomic E-state index is 11.4. The van der Waals surface area contributed by atoms with Gasteiger partial charge in [0.25, 0.3) is 0 Å². The van der Waals surface area contributed by atoms with E-state index in [-0.39, 0.29) is 18.6 Å². The Labute approximate surface area is 77.3 Å². The first-order valence-electron chi connectivity index (χ1n) is 4.02. The summed E-state index contributed by atoms with van der Waals surface area (Å²) in [6.07, 6.45) is 0.899. The van der Waals surface area contributed by atoms with Crippen molar-refractivity contribution in [1.29, 1.82) is 0 Å². The third-order valence-corrected chi connectivity index (χ3v) is 1.88. The van der Waals surface area contributed by atoms with Crippen LogP contribution in [-0.2, 0) is 19.1 Å². The molecular weight excluding hydrogens is 172 g/mol. The molecule has 0 radical (unpaired) electrons. The third-order valence-electron chi connectivity index (χ3n) is 1.88. The molecule has 0 bridgehead atoms. The number of aldehydes is 1. The number of rotatable bonds is 5. The fraction of sp³-hybridized carbons (Fsp3) is 0.667. The number of carbonyl (C=O) groups is 3. The molecule has 0 saturated carbocycles. The van der Waals surface area contributed by atoms with Gasteiger partial charge in [0.2, 0.25) is 0 Å². The van der Waals surface area contributed by atoms with E-state index in [9.17, 15) is 14.4 Å². The summed E-state index contributed by atoms with van der Waals surface area (Å²) in [5, 5.41) is 0. The van der Waals surface area contributed by atoms with Crippen molar-refractivity contribution in [2.24, 2.45) is 5.41 Å². The van der Waals surface area contributed by atoms with Crippen molar-refractivity contribution < 1.29 is 19.1 Å². The third kappa shape index (κ3) is 2.97. The van der Waals surface area contributed by atoms with E-state index in [1.54, 1.807) is 0 Å². The number of ketones is 1. The second kappa shape index (κ2) is 4.74. The van der Waals surface area contributed by atoms with Crippen molar-refractivity contribution in [2.75, 3.05) is 7.11 Å². The predicted molar refractivity (Wildman–Crippen MR) is 46.1 cm³/mol. The lowest BCUT2D eigenvalue weighted by atomic mass is 9.86. The molecule has 0 heterocycles. The SMILES string of the molecule is COC(=O)C(C)(C)C(=O)CCC=O. The quantitative estimate of drug-likeness (QED) is 0.361. The Hall–Kier alpha value is -1.19. The van der Waals surface area contributed by atoms with Crippen LogP contribution in [0.2, 0.25) is 0 Å². The van der Waals surface area contributed by atoms with Crippen LogP contribution < -0.4 is 0 Å². The van der Waals surface area contributed by atoms with E-state index in [2.05, 4.69) is 4.74 Å². The molecule has 0 unspecified atom stereocenters. The van der Waals surface area contributed by atoms with E-state index in [4.69, 9.17) is 0 Å². The Kier molecular flexibility index (Phi) is 4.31. The number of hydrogen-bond acceptors (Lipinski definition) is 4. The van der Waals surface area contributed by atoms with Gasteiger partial charge < -0.3 is 9.53 Å². The summed E-state index contributed by atoms with van der Waals surface area (Å²) < 4.78 is 4.47. The fourth-order valence-electron chi connectivity index (χ4n) is 0.872. The van der Waals surface area contributed by atoms with Gasteiger partial charge >= 0.3 is 5.97 Å². The van der Waals surface area contributed by atoms with Crippen LogP contribution in [0.4, 0.5) is 0 Å². The Balaban J connectivity index is 4.35. The van der Waals surface area contributed by atoms with Crippen molar-refractivity contribution in [3.63, 3.8) is 0 Å². The van der Waals surface area contributed by atoms with E-state index in [1.807, 2.05) is 0 Å².